The molecule has 0 aliphatic carbocycles. The summed E-state index contributed by atoms with van der Waals surface area (Å²) in [5.74, 6) is 3.00. The third-order valence-electron chi connectivity index (χ3n) is 9.22. The summed E-state index contributed by atoms with van der Waals surface area (Å²) in [4.78, 5) is 13.7. The molecule has 1 aliphatic rings. The lowest BCUT2D eigenvalue weighted by Crippen LogP contribution is -2.44. The number of methoxy groups -OCH3 is 3. The fourth-order valence-electron chi connectivity index (χ4n) is 6.69. The standard InChI is InChI=1S/C41H40F2N4O3/c1-6-28-14-32(18-37(17-28)48-3)34-15-29(21-44-24-34)25-46-11-9-35(10-12-46)47(36-7-8-38(42)39(43)20-36)26-30-16-33(23-45-22-30)31-13-27(2)41(50-5)40(19-31)49-4/h1,7-8,13-24,35H,9-12,25-26H2,2-5H3. The molecule has 7 nitrogen and oxygen atoms in total. The maximum Gasteiger partial charge on any atom is 0.163 e. The maximum atomic E-state index is 14.6. The topological polar surface area (TPSA) is 60.0 Å². The van der Waals surface area contributed by atoms with E-state index < -0.39 is 11.6 Å². The minimum atomic E-state index is -0.865. The Kier molecular flexibility index (Phi) is 10.6. The Morgan fingerprint density at radius 1 is 0.780 bits per heavy atom. The normalized spacial score (nSPS) is 13.5. The molecular weight excluding hydrogens is 634 g/mol. The first-order chi connectivity index (χ1) is 24.3. The van der Waals surface area contributed by atoms with Gasteiger partial charge in [0.2, 0.25) is 0 Å². The van der Waals surface area contributed by atoms with Crippen LogP contribution in [0.4, 0.5) is 14.5 Å². The lowest BCUT2D eigenvalue weighted by molar-refractivity contribution is 0.200. The summed E-state index contributed by atoms with van der Waals surface area (Å²) in [6.07, 6.45) is 14.7. The smallest absolute Gasteiger partial charge is 0.163 e. The van der Waals surface area contributed by atoms with Crippen molar-refractivity contribution in [3.05, 3.63) is 119 Å². The van der Waals surface area contributed by atoms with Gasteiger partial charge in [0.25, 0.3) is 0 Å². The van der Waals surface area contributed by atoms with E-state index in [1.807, 2.05) is 62.0 Å². The van der Waals surface area contributed by atoms with E-state index in [0.717, 1.165) is 77.0 Å². The zero-order valence-electron chi connectivity index (χ0n) is 28.7. The van der Waals surface area contributed by atoms with Gasteiger partial charge in [-0.15, -0.1) is 6.42 Å². The number of aromatic nitrogens is 2. The van der Waals surface area contributed by atoms with Crippen LogP contribution in [0.1, 0.15) is 35.1 Å². The molecule has 1 saturated heterocycles. The predicted molar refractivity (Wildman–Crippen MR) is 193 cm³/mol. The number of hydrogen-bond acceptors (Lipinski definition) is 7. The van der Waals surface area contributed by atoms with E-state index in [2.05, 4.69) is 37.8 Å². The summed E-state index contributed by atoms with van der Waals surface area (Å²) in [6, 6.07) is 18.2. The van der Waals surface area contributed by atoms with E-state index in [-0.39, 0.29) is 6.04 Å². The summed E-state index contributed by atoms with van der Waals surface area (Å²) >= 11 is 0. The van der Waals surface area contributed by atoms with Crippen molar-refractivity contribution in [1.82, 2.24) is 14.9 Å². The minimum Gasteiger partial charge on any atom is -0.497 e. The van der Waals surface area contributed by atoms with Gasteiger partial charge in [-0.05, 0) is 102 Å². The van der Waals surface area contributed by atoms with Crippen LogP contribution in [0.15, 0.2) is 85.5 Å². The Labute approximate surface area is 292 Å². The molecule has 0 bridgehead atoms. The largest absolute Gasteiger partial charge is 0.497 e. The van der Waals surface area contributed by atoms with Crippen LogP contribution in [0.5, 0.6) is 17.2 Å². The van der Waals surface area contributed by atoms with Gasteiger partial charge in [0.15, 0.2) is 23.1 Å². The van der Waals surface area contributed by atoms with E-state index in [1.165, 1.54) is 12.1 Å². The molecule has 0 radical (unpaired) electrons. The second kappa shape index (κ2) is 15.4. The number of rotatable bonds is 11. The van der Waals surface area contributed by atoms with Crippen molar-refractivity contribution >= 4 is 5.69 Å². The number of nitrogens with zero attached hydrogens (tertiary/aromatic N) is 4. The Bertz CT molecular complexity index is 2020. The van der Waals surface area contributed by atoms with Crippen molar-refractivity contribution in [2.24, 2.45) is 0 Å². The number of piperidine rings is 1. The van der Waals surface area contributed by atoms with Gasteiger partial charge in [-0.3, -0.25) is 14.9 Å². The second-order valence-corrected chi connectivity index (χ2v) is 12.5. The number of pyridine rings is 2. The molecule has 0 unspecified atom stereocenters. The fourth-order valence-corrected chi connectivity index (χ4v) is 6.69. The lowest BCUT2D eigenvalue weighted by atomic mass is 9.99. The predicted octanol–water partition coefficient (Wildman–Crippen LogP) is 8.08. The van der Waals surface area contributed by atoms with Gasteiger partial charge in [0, 0.05) is 85.5 Å². The molecule has 9 heteroatoms. The van der Waals surface area contributed by atoms with Crippen molar-refractivity contribution in [3.63, 3.8) is 0 Å². The van der Waals surface area contributed by atoms with Crippen molar-refractivity contribution in [2.75, 3.05) is 39.3 Å². The van der Waals surface area contributed by atoms with Gasteiger partial charge >= 0.3 is 0 Å². The van der Waals surface area contributed by atoms with E-state index in [0.29, 0.717) is 29.5 Å². The van der Waals surface area contributed by atoms with Gasteiger partial charge in [0.1, 0.15) is 5.75 Å². The first-order valence-corrected chi connectivity index (χ1v) is 16.5. The zero-order chi connectivity index (χ0) is 35.2. The molecule has 0 N–H and O–H groups in total. The number of benzene rings is 3. The van der Waals surface area contributed by atoms with Crippen LogP contribution in [0.3, 0.4) is 0 Å². The first-order valence-electron chi connectivity index (χ1n) is 16.5. The highest BCUT2D eigenvalue weighted by atomic mass is 19.2. The monoisotopic (exact) mass is 674 g/mol. The summed E-state index contributed by atoms with van der Waals surface area (Å²) in [6.45, 7) is 4.86. The van der Waals surface area contributed by atoms with Gasteiger partial charge in [-0.25, -0.2) is 8.78 Å². The SMILES string of the molecule is C#Cc1cc(OC)cc(-c2cncc(CN3CCC(N(Cc4cncc(-c5cc(C)c(OC)c(OC)c5)c4)c4ccc(F)c(F)c4)CC3)c2)c1. The fraction of sp³-hybridized carbons (Fsp3) is 0.268. The summed E-state index contributed by atoms with van der Waals surface area (Å²) in [5.41, 5.74) is 8.17. The van der Waals surface area contributed by atoms with E-state index >= 15 is 0 Å². The molecule has 256 valence electrons. The molecule has 1 aliphatic heterocycles. The van der Waals surface area contributed by atoms with Crippen LogP contribution in [0, 0.1) is 30.9 Å². The molecule has 3 aromatic carbocycles. The highest BCUT2D eigenvalue weighted by Gasteiger charge is 2.26. The van der Waals surface area contributed by atoms with Gasteiger partial charge in [-0.1, -0.05) is 5.92 Å². The van der Waals surface area contributed by atoms with E-state index in [9.17, 15) is 8.78 Å². The van der Waals surface area contributed by atoms with E-state index in [1.54, 1.807) is 27.4 Å². The Morgan fingerprint density at radius 2 is 1.48 bits per heavy atom. The van der Waals surface area contributed by atoms with Crippen LogP contribution in [0.25, 0.3) is 22.3 Å². The number of halogens is 2. The van der Waals surface area contributed by atoms with Crippen LogP contribution < -0.4 is 19.1 Å². The van der Waals surface area contributed by atoms with Gasteiger partial charge in [-0.2, -0.15) is 0 Å². The number of anilines is 1. The molecular formula is C41H40F2N4O3. The molecule has 2 aromatic heterocycles. The quantitative estimate of drug-likeness (QED) is 0.131. The number of ether oxygens (including phenoxy) is 3. The molecule has 5 aromatic rings. The Morgan fingerprint density at radius 3 is 2.14 bits per heavy atom. The molecule has 0 saturated carbocycles. The number of likely N-dealkylation sites (tertiary alicyclic amines) is 1. The van der Waals surface area contributed by atoms with Crippen LogP contribution in [-0.2, 0) is 13.1 Å². The number of hydrogen-bond donors (Lipinski definition) is 0. The summed E-state index contributed by atoms with van der Waals surface area (Å²) in [5, 5.41) is 0. The molecule has 1 fully saturated rings. The van der Waals surface area contributed by atoms with Crippen molar-refractivity contribution in [2.45, 2.75) is 38.9 Å². The molecule has 6 rings (SSSR count). The second-order valence-electron chi connectivity index (χ2n) is 12.5. The first kappa shape index (κ1) is 34.4. The van der Waals surface area contributed by atoms with Crippen molar-refractivity contribution in [3.8, 4) is 51.8 Å². The third-order valence-corrected chi connectivity index (χ3v) is 9.22. The Hall–Kier alpha value is -5.46. The molecule has 0 atom stereocenters. The van der Waals surface area contributed by atoms with Crippen LogP contribution in [0.2, 0.25) is 0 Å². The molecule has 0 amide bonds. The Balaban J connectivity index is 1.20. The number of aryl methyl sites for hydroxylation is 1. The minimum absolute atomic E-state index is 0.103. The van der Waals surface area contributed by atoms with Crippen LogP contribution >= 0.6 is 0 Å². The summed E-state index contributed by atoms with van der Waals surface area (Å²) in [7, 11) is 4.87. The van der Waals surface area contributed by atoms with Crippen molar-refractivity contribution in [1.29, 1.82) is 0 Å². The highest BCUT2D eigenvalue weighted by Crippen LogP contribution is 2.36. The molecule has 3 heterocycles. The molecule has 50 heavy (non-hydrogen) atoms. The maximum absolute atomic E-state index is 14.6. The van der Waals surface area contributed by atoms with Gasteiger partial charge < -0.3 is 19.1 Å². The molecule has 0 spiro atoms. The average molecular weight is 675 g/mol. The number of terminal acetylenes is 1. The van der Waals surface area contributed by atoms with E-state index in [4.69, 9.17) is 20.6 Å². The van der Waals surface area contributed by atoms with Crippen LogP contribution in [-0.4, -0.2) is 55.3 Å². The zero-order valence-corrected chi connectivity index (χ0v) is 28.7. The van der Waals surface area contributed by atoms with Crippen molar-refractivity contribution < 1.29 is 23.0 Å². The lowest BCUT2D eigenvalue weighted by Gasteiger charge is -2.40. The average Bonchev–Trinajstić information content (AvgIpc) is 3.15. The third kappa shape index (κ3) is 7.72. The highest BCUT2D eigenvalue weighted by molar-refractivity contribution is 5.69. The van der Waals surface area contributed by atoms with Gasteiger partial charge in [0.05, 0.1) is 21.3 Å². The summed E-state index contributed by atoms with van der Waals surface area (Å²) < 4.78 is 45.2.